The van der Waals surface area contributed by atoms with E-state index in [1.807, 2.05) is 45.0 Å². The summed E-state index contributed by atoms with van der Waals surface area (Å²) in [6.07, 6.45) is -1.01. The van der Waals surface area contributed by atoms with Crippen LogP contribution < -0.4 is 4.90 Å². The third-order valence-corrected chi connectivity index (χ3v) is 10.1. The molecule has 1 fully saturated rings. The van der Waals surface area contributed by atoms with Crippen LogP contribution in [0.5, 0.6) is 0 Å². The largest absolute Gasteiger partial charge is 0.378 e. The molecule has 1 aliphatic rings. The summed E-state index contributed by atoms with van der Waals surface area (Å²) in [6.45, 7) is 5.57. The van der Waals surface area contributed by atoms with Gasteiger partial charge in [0.15, 0.2) is 0 Å². The monoisotopic (exact) mass is 513 g/mol. The van der Waals surface area contributed by atoms with Gasteiger partial charge in [-0.2, -0.15) is 8.61 Å². The van der Waals surface area contributed by atoms with Crippen LogP contribution in [0.15, 0.2) is 82.6 Å². The molecule has 1 saturated heterocycles. The number of hydrogen-bond donors (Lipinski definition) is 0. The van der Waals surface area contributed by atoms with Gasteiger partial charge in [-0.1, -0.05) is 47.5 Å². The summed E-state index contributed by atoms with van der Waals surface area (Å²) in [7, 11) is -4.15. The lowest BCUT2D eigenvalue weighted by molar-refractivity contribution is 0.276. The van der Waals surface area contributed by atoms with E-state index in [1.165, 1.54) is 8.61 Å². The summed E-state index contributed by atoms with van der Waals surface area (Å²) < 4.78 is 58.0. The van der Waals surface area contributed by atoms with Crippen LogP contribution in [-0.4, -0.2) is 52.1 Å². The van der Waals surface area contributed by atoms with E-state index in [2.05, 4.69) is 0 Å². The summed E-state index contributed by atoms with van der Waals surface area (Å²) in [6, 6.07) is 20.0. The number of nitrogens with zero attached hydrogens (tertiary/aromatic N) is 3. The Morgan fingerprint density at radius 1 is 0.714 bits per heavy atom. The van der Waals surface area contributed by atoms with Gasteiger partial charge in [0, 0.05) is 32.4 Å². The molecule has 3 aromatic carbocycles. The third kappa shape index (κ3) is 4.73. The van der Waals surface area contributed by atoms with Crippen LogP contribution >= 0.6 is 0 Å². The van der Waals surface area contributed by atoms with Crippen LogP contribution in [-0.2, 0) is 20.0 Å². The molecular weight excluding hydrogens is 482 g/mol. The highest BCUT2D eigenvalue weighted by molar-refractivity contribution is 7.90. The Morgan fingerprint density at radius 2 is 1.17 bits per heavy atom. The molecule has 0 amide bonds. The van der Waals surface area contributed by atoms with Gasteiger partial charge in [0.1, 0.15) is 6.17 Å². The highest BCUT2D eigenvalue weighted by Gasteiger charge is 2.50. The van der Waals surface area contributed by atoms with Crippen LogP contribution in [0.4, 0.5) is 5.69 Å². The summed E-state index contributed by atoms with van der Waals surface area (Å²) >= 11 is 0. The van der Waals surface area contributed by atoms with E-state index in [0.717, 1.165) is 16.8 Å². The van der Waals surface area contributed by atoms with Crippen LogP contribution in [0.2, 0.25) is 0 Å². The van der Waals surface area contributed by atoms with Crippen molar-refractivity contribution in [3.8, 4) is 0 Å². The molecule has 0 aromatic heterocycles. The molecular formula is C26H31N3O4S2. The Labute approximate surface area is 208 Å². The molecule has 7 nitrogen and oxygen atoms in total. The van der Waals surface area contributed by atoms with Crippen molar-refractivity contribution in [2.45, 2.75) is 42.8 Å². The summed E-state index contributed by atoms with van der Waals surface area (Å²) in [5.41, 5.74) is 3.41. The number of aryl methyl sites for hydroxylation is 2. The molecule has 1 heterocycles. The van der Waals surface area contributed by atoms with Crippen molar-refractivity contribution in [1.82, 2.24) is 8.61 Å². The lowest BCUT2D eigenvalue weighted by Gasteiger charge is -2.31. The topological polar surface area (TPSA) is 78.0 Å². The Kier molecular flexibility index (Phi) is 6.80. The van der Waals surface area contributed by atoms with Crippen LogP contribution in [0.25, 0.3) is 0 Å². The molecule has 0 unspecified atom stereocenters. The smallest absolute Gasteiger partial charge is 0.245 e. The highest BCUT2D eigenvalue weighted by Crippen LogP contribution is 2.41. The molecule has 9 heteroatoms. The molecule has 0 spiro atoms. The zero-order chi connectivity index (χ0) is 25.5. The zero-order valence-corrected chi connectivity index (χ0v) is 22.2. The Hall–Kier alpha value is -2.72. The fourth-order valence-electron chi connectivity index (χ4n) is 4.34. The van der Waals surface area contributed by atoms with Gasteiger partial charge in [0.25, 0.3) is 0 Å². The van der Waals surface area contributed by atoms with Gasteiger partial charge in [-0.05, 0) is 62.7 Å². The molecule has 0 saturated carbocycles. The van der Waals surface area contributed by atoms with Crippen molar-refractivity contribution in [2.75, 3.05) is 25.5 Å². The molecule has 186 valence electrons. The first-order valence-corrected chi connectivity index (χ1v) is 14.3. The number of rotatable bonds is 6. The van der Waals surface area contributed by atoms with E-state index < -0.39 is 32.3 Å². The van der Waals surface area contributed by atoms with E-state index in [4.69, 9.17) is 0 Å². The predicted molar refractivity (Wildman–Crippen MR) is 138 cm³/mol. The van der Waals surface area contributed by atoms with Gasteiger partial charge in [0.05, 0.1) is 9.79 Å². The lowest BCUT2D eigenvalue weighted by atomic mass is 10.1. The number of anilines is 1. The zero-order valence-electron chi connectivity index (χ0n) is 20.6. The maximum atomic E-state index is 13.9. The van der Waals surface area contributed by atoms with Crippen molar-refractivity contribution in [1.29, 1.82) is 0 Å². The summed E-state index contributed by atoms with van der Waals surface area (Å²) in [5.74, 6) is 0. The summed E-state index contributed by atoms with van der Waals surface area (Å²) in [4.78, 5) is 2.21. The van der Waals surface area contributed by atoms with Gasteiger partial charge >= 0.3 is 0 Å². The molecule has 3 aromatic rings. The minimum Gasteiger partial charge on any atom is -0.378 e. The van der Waals surface area contributed by atoms with Gasteiger partial charge < -0.3 is 4.90 Å². The Bertz CT molecular complexity index is 1400. The average molecular weight is 514 g/mol. The average Bonchev–Trinajstić information content (AvgIpc) is 3.18. The number of sulfonamides is 2. The fraction of sp³-hybridized carbons (Fsp3) is 0.308. The van der Waals surface area contributed by atoms with Crippen LogP contribution in [0.3, 0.4) is 0 Å². The predicted octanol–water partition coefficient (Wildman–Crippen LogP) is 4.15. The molecule has 0 aliphatic carbocycles. The van der Waals surface area contributed by atoms with Crippen molar-refractivity contribution in [3.05, 3.63) is 89.5 Å². The first kappa shape index (κ1) is 25.4. The van der Waals surface area contributed by atoms with E-state index in [0.29, 0.717) is 5.56 Å². The minimum absolute atomic E-state index is 0.0431. The first-order chi connectivity index (χ1) is 16.4. The van der Waals surface area contributed by atoms with Crippen molar-refractivity contribution in [3.63, 3.8) is 0 Å². The van der Waals surface area contributed by atoms with Gasteiger partial charge in [0.2, 0.25) is 20.0 Å². The van der Waals surface area contributed by atoms with E-state index in [-0.39, 0.29) is 16.3 Å². The second-order valence-corrected chi connectivity index (χ2v) is 13.0. The van der Waals surface area contributed by atoms with Crippen LogP contribution in [0, 0.1) is 13.8 Å². The van der Waals surface area contributed by atoms with Crippen molar-refractivity contribution in [2.24, 2.45) is 0 Å². The third-order valence-electron chi connectivity index (χ3n) is 6.32. The number of hydrogen-bond acceptors (Lipinski definition) is 5. The Balaban J connectivity index is 1.87. The SMILES string of the molecule is Cc1ccc(S(=O)(=O)N2C[C@@H](C)N(S(=O)(=O)c3ccc(C)cc3)[C@@H]2c2ccc(N(C)C)cc2)cc1. The van der Waals surface area contributed by atoms with E-state index in [1.54, 1.807) is 67.6 Å². The lowest BCUT2D eigenvalue weighted by Crippen LogP contribution is -2.39. The van der Waals surface area contributed by atoms with Gasteiger partial charge in [-0.15, -0.1) is 0 Å². The molecule has 4 rings (SSSR count). The molecule has 35 heavy (non-hydrogen) atoms. The Morgan fingerprint density at radius 3 is 1.63 bits per heavy atom. The van der Waals surface area contributed by atoms with E-state index >= 15 is 0 Å². The first-order valence-electron chi connectivity index (χ1n) is 11.4. The van der Waals surface area contributed by atoms with Crippen LogP contribution in [0.1, 0.15) is 29.8 Å². The van der Waals surface area contributed by atoms with Crippen molar-refractivity contribution < 1.29 is 16.8 Å². The summed E-state index contributed by atoms with van der Waals surface area (Å²) in [5, 5.41) is 0. The highest BCUT2D eigenvalue weighted by atomic mass is 32.2. The maximum absolute atomic E-state index is 13.9. The molecule has 0 bridgehead atoms. The second kappa shape index (κ2) is 9.39. The maximum Gasteiger partial charge on any atom is 0.245 e. The minimum atomic E-state index is -3.99. The normalized spacial score (nSPS) is 19.7. The number of benzene rings is 3. The van der Waals surface area contributed by atoms with Gasteiger partial charge in [-0.3, -0.25) is 0 Å². The van der Waals surface area contributed by atoms with Crippen molar-refractivity contribution >= 4 is 25.7 Å². The standard InChI is InChI=1S/C26H31N3O4S2/c1-19-6-14-24(15-7-19)34(30,31)28-18-21(3)29(35(32,33)25-16-8-20(2)9-17-25)26(28)22-10-12-23(13-11-22)27(4)5/h6-17,21,26H,18H2,1-5H3/t21-,26-/m1/s1. The fourth-order valence-corrected chi connectivity index (χ4v) is 7.81. The molecule has 2 atom stereocenters. The molecule has 0 N–H and O–H groups in total. The second-order valence-electron chi connectivity index (χ2n) is 9.24. The molecule has 1 aliphatic heterocycles. The van der Waals surface area contributed by atoms with E-state index in [9.17, 15) is 16.8 Å². The quantitative estimate of drug-likeness (QED) is 0.495. The molecule has 0 radical (unpaired) electrons. The van der Waals surface area contributed by atoms with Gasteiger partial charge in [-0.25, -0.2) is 16.8 Å².